The minimum Gasteiger partial charge on any atom is -0.298 e. The summed E-state index contributed by atoms with van der Waals surface area (Å²) in [4.78, 5) is 13.9. The van der Waals surface area contributed by atoms with Gasteiger partial charge in [0.25, 0.3) is 0 Å². The van der Waals surface area contributed by atoms with Crippen LogP contribution < -0.4 is 0 Å². The van der Waals surface area contributed by atoms with Crippen molar-refractivity contribution in [2.45, 2.75) is 46.6 Å². The highest BCUT2D eigenvalue weighted by atomic mass is 16.1. The van der Waals surface area contributed by atoms with E-state index in [-0.39, 0.29) is 6.04 Å². The second kappa shape index (κ2) is 4.92. The monoisotopic (exact) mass is 197 g/mol. The van der Waals surface area contributed by atoms with Gasteiger partial charge in [-0.15, -0.1) is 0 Å². The minimum atomic E-state index is 0.130. The minimum absolute atomic E-state index is 0.130. The maximum absolute atomic E-state index is 11.6. The van der Waals surface area contributed by atoms with Crippen molar-refractivity contribution >= 4 is 5.78 Å². The van der Waals surface area contributed by atoms with Gasteiger partial charge in [-0.2, -0.15) is 0 Å². The maximum atomic E-state index is 11.6. The van der Waals surface area contributed by atoms with E-state index in [9.17, 15) is 4.79 Å². The summed E-state index contributed by atoms with van der Waals surface area (Å²) in [5, 5.41) is 0. The Kier molecular flexibility index (Phi) is 4.11. The van der Waals surface area contributed by atoms with E-state index < -0.39 is 0 Å². The number of Topliss-reactive ketones (excluding diaryl/α,β-unsaturated/α-hetero) is 1. The number of ketones is 1. The molecule has 1 aliphatic rings. The summed E-state index contributed by atoms with van der Waals surface area (Å²) in [6.45, 7) is 10.8. The first-order valence-electron chi connectivity index (χ1n) is 5.81. The Morgan fingerprint density at radius 1 is 1.36 bits per heavy atom. The fourth-order valence-corrected chi connectivity index (χ4v) is 2.53. The summed E-state index contributed by atoms with van der Waals surface area (Å²) in [5.74, 6) is 1.86. The van der Waals surface area contributed by atoms with Crippen molar-refractivity contribution < 1.29 is 4.79 Å². The largest absolute Gasteiger partial charge is 0.298 e. The van der Waals surface area contributed by atoms with Gasteiger partial charge >= 0.3 is 0 Å². The van der Waals surface area contributed by atoms with Crippen molar-refractivity contribution in [3.63, 3.8) is 0 Å². The molecule has 1 rings (SSSR count). The zero-order valence-corrected chi connectivity index (χ0v) is 9.92. The first-order valence-corrected chi connectivity index (χ1v) is 5.81. The maximum Gasteiger partial charge on any atom is 0.149 e. The van der Waals surface area contributed by atoms with Gasteiger partial charge in [-0.25, -0.2) is 0 Å². The number of carbonyl (C=O) groups excluding carboxylic acids is 1. The third-order valence-corrected chi connectivity index (χ3v) is 3.26. The van der Waals surface area contributed by atoms with Crippen molar-refractivity contribution in [2.24, 2.45) is 11.8 Å². The van der Waals surface area contributed by atoms with Crippen molar-refractivity contribution in [3.8, 4) is 0 Å². The lowest BCUT2D eigenvalue weighted by Crippen LogP contribution is -2.47. The second-order valence-corrected chi connectivity index (χ2v) is 4.90. The average molecular weight is 197 g/mol. The smallest absolute Gasteiger partial charge is 0.149 e. The Morgan fingerprint density at radius 2 is 1.86 bits per heavy atom. The Labute approximate surface area is 87.7 Å². The molecule has 1 saturated heterocycles. The van der Waals surface area contributed by atoms with E-state index in [1.165, 1.54) is 6.42 Å². The topological polar surface area (TPSA) is 20.3 Å². The third kappa shape index (κ3) is 2.81. The first kappa shape index (κ1) is 11.7. The Balaban J connectivity index is 2.54. The van der Waals surface area contributed by atoms with Gasteiger partial charge in [0, 0.05) is 19.5 Å². The normalized spacial score (nSPS) is 31.4. The first-order chi connectivity index (χ1) is 6.54. The number of carbonyl (C=O) groups is 1. The predicted octanol–water partition coefficient (Wildman–Crippen LogP) is 2.33. The fraction of sp³-hybridized carbons (Fsp3) is 0.917. The van der Waals surface area contributed by atoms with Crippen LogP contribution in [0.2, 0.25) is 0 Å². The molecule has 82 valence electrons. The zero-order chi connectivity index (χ0) is 10.7. The molecule has 0 spiro atoms. The predicted molar refractivity (Wildman–Crippen MR) is 59.3 cm³/mol. The molecule has 1 heterocycles. The summed E-state index contributed by atoms with van der Waals surface area (Å²) >= 11 is 0. The van der Waals surface area contributed by atoms with Crippen molar-refractivity contribution in [3.05, 3.63) is 0 Å². The van der Waals surface area contributed by atoms with E-state index in [2.05, 4.69) is 25.7 Å². The van der Waals surface area contributed by atoms with Crippen molar-refractivity contribution in [1.82, 2.24) is 4.90 Å². The molecule has 0 radical (unpaired) electrons. The number of likely N-dealkylation sites (tertiary alicyclic amines) is 1. The van der Waals surface area contributed by atoms with E-state index in [0.717, 1.165) is 24.9 Å². The molecule has 2 heteroatoms. The molecule has 0 aromatic rings. The molecule has 0 N–H and O–H groups in total. The number of hydrogen-bond acceptors (Lipinski definition) is 2. The van der Waals surface area contributed by atoms with Gasteiger partial charge in [0.1, 0.15) is 5.78 Å². The zero-order valence-electron chi connectivity index (χ0n) is 9.92. The van der Waals surface area contributed by atoms with Crippen LogP contribution in [0.1, 0.15) is 40.5 Å². The number of piperidine rings is 1. The van der Waals surface area contributed by atoms with Crippen LogP contribution in [-0.2, 0) is 4.79 Å². The van der Waals surface area contributed by atoms with Crippen LogP contribution in [0.15, 0.2) is 0 Å². The molecular weight excluding hydrogens is 174 g/mol. The average Bonchev–Trinajstić information content (AvgIpc) is 2.14. The van der Waals surface area contributed by atoms with Gasteiger partial charge in [-0.05, 0) is 25.2 Å². The van der Waals surface area contributed by atoms with Crippen molar-refractivity contribution in [2.75, 3.05) is 13.1 Å². The SMILES string of the molecule is CCC(=O)C(C)N1CC(C)CC(C)C1. The summed E-state index contributed by atoms with van der Waals surface area (Å²) in [5.41, 5.74) is 0. The quantitative estimate of drug-likeness (QED) is 0.692. The fourth-order valence-electron chi connectivity index (χ4n) is 2.53. The van der Waals surface area contributed by atoms with Crippen LogP contribution in [0, 0.1) is 11.8 Å². The second-order valence-electron chi connectivity index (χ2n) is 4.90. The number of rotatable bonds is 3. The summed E-state index contributed by atoms with van der Waals surface area (Å²) in [6, 6.07) is 0.130. The molecule has 3 atom stereocenters. The highest BCUT2D eigenvalue weighted by molar-refractivity contribution is 5.83. The van der Waals surface area contributed by atoms with Gasteiger partial charge in [0.2, 0.25) is 0 Å². The Bertz CT molecular complexity index is 192. The molecule has 3 unspecified atom stereocenters. The molecule has 1 aliphatic heterocycles. The summed E-state index contributed by atoms with van der Waals surface area (Å²) in [7, 11) is 0. The molecule has 0 aromatic carbocycles. The molecule has 1 fully saturated rings. The van der Waals surface area contributed by atoms with E-state index in [1.807, 2.05) is 6.92 Å². The lowest BCUT2D eigenvalue weighted by molar-refractivity contribution is -0.124. The van der Waals surface area contributed by atoms with Crippen LogP contribution in [0.3, 0.4) is 0 Å². The Morgan fingerprint density at radius 3 is 2.29 bits per heavy atom. The molecular formula is C12H23NO. The molecule has 0 amide bonds. The summed E-state index contributed by atoms with van der Waals surface area (Å²) < 4.78 is 0. The van der Waals surface area contributed by atoms with Crippen LogP contribution in [0.4, 0.5) is 0 Å². The Hall–Kier alpha value is -0.370. The van der Waals surface area contributed by atoms with E-state index in [4.69, 9.17) is 0 Å². The van der Waals surface area contributed by atoms with Gasteiger partial charge in [0.15, 0.2) is 0 Å². The standard InChI is InChI=1S/C12H23NO/c1-5-12(14)11(4)13-7-9(2)6-10(3)8-13/h9-11H,5-8H2,1-4H3. The van der Waals surface area contributed by atoms with Gasteiger partial charge in [-0.1, -0.05) is 20.8 Å². The van der Waals surface area contributed by atoms with E-state index in [0.29, 0.717) is 12.2 Å². The molecule has 0 saturated carbocycles. The van der Waals surface area contributed by atoms with E-state index >= 15 is 0 Å². The molecule has 14 heavy (non-hydrogen) atoms. The molecule has 0 aromatic heterocycles. The molecule has 2 nitrogen and oxygen atoms in total. The highest BCUT2D eigenvalue weighted by Gasteiger charge is 2.27. The lowest BCUT2D eigenvalue weighted by Gasteiger charge is -2.38. The third-order valence-electron chi connectivity index (χ3n) is 3.26. The van der Waals surface area contributed by atoms with Gasteiger partial charge in [0.05, 0.1) is 6.04 Å². The molecule has 0 aliphatic carbocycles. The van der Waals surface area contributed by atoms with Crippen LogP contribution in [0.5, 0.6) is 0 Å². The number of nitrogens with zero attached hydrogens (tertiary/aromatic N) is 1. The van der Waals surface area contributed by atoms with Gasteiger partial charge < -0.3 is 0 Å². The molecule has 0 bridgehead atoms. The van der Waals surface area contributed by atoms with Crippen LogP contribution in [-0.4, -0.2) is 29.8 Å². The van der Waals surface area contributed by atoms with Gasteiger partial charge in [-0.3, -0.25) is 9.69 Å². The van der Waals surface area contributed by atoms with Crippen LogP contribution in [0.25, 0.3) is 0 Å². The summed E-state index contributed by atoms with van der Waals surface area (Å²) in [6.07, 6.45) is 1.98. The number of hydrogen-bond donors (Lipinski definition) is 0. The van der Waals surface area contributed by atoms with E-state index in [1.54, 1.807) is 0 Å². The highest BCUT2D eigenvalue weighted by Crippen LogP contribution is 2.22. The lowest BCUT2D eigenvalue weighted by atomic mass is 9.90. The van der Waals surface area contributed by atoms with Crippen molar-refractivity contribution in [1.29, 1.82) is 0 Å². The van der Waals surface area contributed by atoms with Crippen LogP contribution >= 0.6 is 0 Å².